The minimum Gasteiger partial charge on any atom is -0.394 e. The van der Waals surface area contributed by atoms with E-state index in [0.29, 0.717) is 19.8 Å². The van der Waals surface area contributed by atoms with Gasteiger partial charge in [-0.3, -0.25) is 0 Å². The quantitative estimate of drug-likeness (QED) is 0.423. The summed E-state index contributed by atoms with van der Waals surface area (Å²) >= 11 is 0. The molecule has 5 atom stereocenters. The monoisotopic (exact) mass is 321 g/mol. The number of rotatable bonds is 7. The van der Waals surface area contributed by atoms with E-state index in [2.05, 4.69) is 5.32 Å². The third kappa shape index (κ3) is 4.15. The summed E-state index contributed by atoms with van der Waals surface area (Å²) in [5, 5.41) is 32.4. The highest BCUT2D eigenvalue weighted by Gasteiger charge is 2.44. The minimum atomic E-state index is -1.16. The SMILES string of the molecule is CO[C@H]1O[C@H](CO)[C@@H](O)[C@H](O)[C@@H]1NCCCC1(C)OCCO1. The number of aliphatic hydroxyl groups is 3. The van der Waals surface area contributed by atoms with Crippen molar-refractivity contribution in [2.24, 2.45) is 0 Å². The molecule has 0 aromatic carbocycles. The van der Waals surface area contributed by atoms with Gasteiger partial charge in [0.2, 0.25) is 0 Å². The van der Waals surface area contributed by atoms with E-state index in [0.717, 1.165) is 12.8 Å². The van der Waals surface area contributed by atoms with Gasteiger partial charge >= 0.3 is 0 Å². The first kappa shape index (κ1) is 18.0. The fourth-order valence-corrected chi connectivity index (χ4v) is 2.88. The van der Waals surface area contributed by atoms with Crippen molar-refractivity contribution in [3.05, 3.63) is 0 Å². The van der Waals surface area contributed by atoms with E-state index in [1.165, 1.54) is 7.11 Å². The van der Waals surface area contributed by atoms with Gasteiger partial charge in [0.1, 0.15) is 18.3 Å². The number of hydrogen-bond donors (Lipinski definition) is 4. The van der Waals surface area contributed by atoms with Gasteiger partial charge < -0.3 is 39.6 Å². The molecule has 4 N–H and O–H groups in total. The molecule has 0 radical (unpaired) electrons. The van der Waals surface area contributed by atoms with Crippen LogP contribution in [0.3, 0.4) is 0 Å². The molecule has 0 bridgehead atoms. The highest BCUT2D eigenvalue weighted by Crippen LogP contribution is 2.24. The molecule has 2 rings (SSSR count). The molecule has 22 heavy (non-hydrogen) atoms. The highest BCUT2D eigenvalue weighted by atomic mass is 16.7. The topological polar surface area (TPSA) is 110 Å². The fourth-order valence-electron chi connectivity index (χ4n) is 2.88. The molecular formula is C14H27NO7. The zero-order valence-corrected chi connectivity index (χ0v) is 13.1. The Kier molecular flexibility index (Phi) is 6.54. The number of methoxy groups -OCH3 is 1. The van der Waals surface area contributed by atoms with Crippen LogP contribution < -0.4 is 5.32 Å². The Bertz CT molecular complexity index is 335. The molecule has 0 aromatic rings. The predicted molar refractivity (Wildman–Crippen MR) is 76.1 cm³/mol. The first-order valence-corrected chi connectivity index (χ1v) is 7.67. The number of hydrogen-bond acceptors (Lipinski definition) is 8. The highest BCUT2D eigenvalue weighted by molar-refractivity contribution is 4.93. The van der Waals surface area contributed by atoms with Crippen LogP contribution in [0.15, 0.2) is 0 Å². The number of ether oxygens (including phenoxy) is 4. The first-order chi connectivity index (χ1) is 10.5. The van der Waals surface area contributed by atoms with Gasteiger partial charge in [0.05, 0.1) is 25.9 Å². The van der Waals surface area contributed by atoms with Gasteiger partial charge in [0, 0.05) is 13.5 Å². The van der Waals surface area contributed by atoms with Crippen LogP contribution in [-0.2, 0) is 18.9 Å². The molecule has 0 spiro atoms. The molecule has 8 heteroatoms. The predicted octanol–water partition coefficient (Wildman–Crippen LogP) is -1.43. The maximum Gasteiger partial charge on any atom is 0.175 e. The fraction of sp³-hybridized carbons (Fsp3) is 1.00. The zero-order valence-electron chi connectivity index (χ0n) is 13.1. The average Bonchev–Trinajstić information content (AvgIpc) is 2.94. The molecule has 2 aliphatic rings. The van der Waals surface area contributed by atoms with E-state index >= 15 is 0 Å². The summed E-state index contributed by atoms with van der Waals surface area (Å²) in [6.45, 7) is 3.34. The van der Waals surface area contributed by atoms with Gasteiger partial charge in [-0.25, -0.2) is 0 Å². The molecule has 0 amide bonds. The maximum atomic E-state index is 10.2. The Morgan fingerprint density at radius 1 is 1.23 bits per heavy atom. The van der Waals surface area contributed by atoms with Crippen molar-refractivity contribution in [3.8, 4) is 0 Å². The van der Waals surface area contributed by atoms with Crippen molar-refractivity contribution >= 4 is 0 Å². The lowest BCUT2D eigenvalue weighted by Gasteiger charge is -2.42. The van der Waals surface area contributed by atoms with Crippen LogP contribution in [0, 0.1) is 0 Å². The molecule has 0 saturated carbocycles. The Balaban J connectivity index is 1.79. The van der Waals surface area contributed by atoms with E-state index in [1.54, 1.807) is 0 Å². The van der Waals surface area contributed by atoms with Crippen molar-refractivity contribution in [2.75, 3.05) is 33.5 Å². The van der Waals surface area contributed by atoms with E-state index < -0.39 is 36.4 Å². The van der Waals surface area contributed by atoms with Crippen molar-refractivity contribution < 1.29 is 34.3 Å². The van der Waals surface area contributed by atoms with E-state index in [-0.39, 0.29) is 6.61 Å². The lowest BCUT2D eigenvalue weighted by Crippen LogP contribution is -2.63. The lowest BCUT2D eigenvalue weighted by molar-refractivity contribution is -0.263. The zero-order chi connectivity index (χ0) is 16.2. The second-order valence-electron chi connectivity index (χ2n) is 5.86. The molecular weight excluding hydrogens is 294 g/mol. The Morgan fingerprint density at radius 3 is 2.50 bits per heavy atom. The van der Waals surface area contributed by atoms with Crippen LogP contribution in [0.5, 0.6) is 0 Å². The summed E-state index contributed by atoms with van der Waals surface area (Å²) in [4.78, 5) is 0. The minimum absolute atomic E-state index is 0.377. The summed E-state index contributed by atoms with van der Waals surface area (Å²) < 4.78 is 21.7. The molecule has 2 saturated heterocycles. The Morgan fingerprint density at radius 2 is 1.91 bits per heavy atom. The first-order valence-electron chi connectivity index (χ1n) is 7.67. The van der Waals surface area contributed by atoms with Gasteiger partial charge in [-0.05, 0) is 19.9 Å². The Labute approximate surface area is 130 Å². The second-order valence-corrected chi connectivity index (χ2v) is 5.86. The molecule has 2 heterocycles. The van der Waals surface area contributed by atoms with Gasteiger partial charge in [0.15, 0.2) is 12.1 Å². The smallest absolute Gasteiger partial charge is 0.175 e. The van der Waals surface area contributed by atoms with E-state index in [9.17, 15) is 10.2 Å². The molecule has 2 aliphatic heterocycles. The van der Waals surface area contributed by atoms with Crippen molar-refractivity contribution in [1.29, 1.82) is 0 Å². The summed E-state index contributed by atoms with van der Waals surface area (Å²) in [7, 11) is 1.46. The largest absolute Gasteiger partial charge is 0.394 e. The number of nitrogens with one attached hydrogen (secondary N) is 1. The van der Waals surface area contributed by atoms with Crippen LogP contribution >= 0.6 is 0 Å². The second kappa shape index (κ2) is 7.98. The van der Waals surface area contributed by atoms with Gasteiger partial charge in [0.25, 0.3) is 0 Å². The van der Waals surface area contributed by atoms with Crippen molar-refractivity contribution in [3.63, 3.8) is 0 Å². The average molecular weight is 321 g/mol. The molecule has 130 valence electrons. The summed E-state index contributed by atoms with van der Waals surface area (Å²) in [5.41, 5.74) is 0. The third-order valence-electron chi connectivity index (χ3n) is 4.20. The lowest BCUT2D eigenvalue weighted by atomic mass is 9.97. The third-order valence-corrected chi connectivity index (χ3v) is 4.20. The molecule has 0 aliphatic carbocycles. The van der Waals surface area contributed by atoms with E-state index in [1.807, 2.05) is 6.92 Å². The molecule has 8 nitrogen and oxygen atoms in total. The molecule has 2 fully saturated rings. The van der Waals surface area contributed by atoms with Crippen molar-refractivity contribution in [1.82, 2.24) is 5.32 Å². The van der Waals surface area contributed by atoms with Crippen LogP contribution in [0.4, 0.5) is 0 Å². The van der Waals surface area contributed by atoms with Crippen LogP contribution in [0.25, 0.3) is 0 Å². The van der Waals surface area contributed by atoms with Crippen LogP contribution in [0.1, 0.15) is 19.8 Å². The summed E-state index contributed by atoms with van der Waals surface area (Å²) in [6, 6.07) is -0.568. The maximum absolute atomic E-state index is 10.2. The van der Waals surface area contributed by atoms with Crippen LogP contribution in [-0.4, -0.2) is 85.2 Å². The molecule has 0 unspecified atom stereocenters. The van der Waals surface area contributed by atoms with Gasteiger partial charge in [-0.15, -0.1) is 0 Å². The Hall–Kier alpha value is -0.320. The standard InChI is InChI=1S/C14H27NO7/c1-14(20-6-7-21-14)4-3-5-15-10-12(18)11(17)9(8-16)22-13(10)19-2/h9-13,15-18H,3-8H2,1-2H3/t9-,10+,11-,12-,13+/m1/s1. The van der Waals surface area contributed by atoms with Crippen molar-refractivity contribution in [2.45, 2.75) is 56.2 Å². The van der Waals surface area contributed by atoms with E-state index in [4.69, 9.17) is 24.1 Å². The summed E-state index contributed by atoms with van der Waals surface area (Å²) in [5.74, 6) is -0.536. The molecule has 0 aromatic heterocycles. The van der Waals surface area contributed by atoms with Gasteiger partial charge in [-0.1, -0.05) is 0 Å². The summed E-state index contributed by atoms with van der Waals surface area (Å²) in [6.07, 6.45) is -2.32. The number of aliphatic hydroxyl groups excluding tert-OH is 3. The van der Waals surface area contributed by atoms with Gasteiger partial charge in [-0.2, -0.15) is 0 Å². The van der Waals surface area contributed by atoms with Crippen LogP contribution in [0.2, 0.25) is 0 Å². The normalized spacial score (nSPS) is 38.3.